The van der Waals surface area contributed by atoms with Crippen LogP contribution in [0.1, 0.15) is 0 Å². The second-order valence-electron chi connectivity index (χ2n) is 4.20. The molecule has 1 saturated heterocycles. The summed E-state index contributed by atoms with van der Waals surface area (Å²) in [4.78, 5) is 14.0. The second-order valence-corrected chi connectivity index (χ2v) is 5.04. The van der Waals surface area contributed by atoms with Gasteiger partial charge < -0.3 is 10.6 Å². The molecule has 0 spiro atoms. The van der Waals surface area contributed by atoms with Crippen LogP contribution in [0, 0.1) is 0 Å². The third kappa shape index (κ3) is 6.04. The summed E-state index contributed by atoms with van der Waals surface area (Å²) in [5.41, 5.74) is 0.598. The largest absolute Gasteiger partial charge is 0.324 e. The lowest BCUT2D eigenvalue weighted by Crippen LogP contribution is -2.46. The Morgan fingerprint density at radius 2 is 1.90 bits per heavy atom. The maximum atomic E-state index is 11.9. The van der Waals surface area contributed by atoms with Crippen LogP contribution in [-0.4, -0.2) is 43.5 Å². The number of piperazine rings is 1. The van der Waals surface area contributed by atoms with Crippen LogP contribution in [0.3, 0.4) is 0 Å². The number of benzene rings is 1. The average Bonchev–Trinajstić information content (AvgIpc) is 2.34. The van der Waals surface area contributed by atoms with E-state index in [1.165, 1.54) is 0 Å². The zero-order valence-corrected chi connectivity index (χ0v) is 13.8. The molecule has 0 saturated carbocycles. The number of carbonyl (C=O) groups is 1. The molecule has 1 aromatic carbocycles. The van der Waals surface area contributed by atoms with Gasteiger partial charge in [-0.3, -0.25) is 9.69 Å². The van der Waals surface area contributed by atoms with Gasteiger partial charge in [0.15, 0.2) is 0 Å². The normalized spacial score (nSPS) is 14.9. The summed E-state index contributed by atoms with van der Waals surface area (Å²) in [6, 6.07) is 5.03. The third-order valence-electron chi connectivity index (χ3n) is 2.78. The molecule has 0 radical (unpaired) electrons. The Morgan fingerprint density at radius 3 is 2.50 bits per heavy atom. The quantitative estimate of drug-likeness (QED) is 0.870. The van der Waals surface area contributed by atoms with Crippen LogP contribution in [0.15, 0.2) is 18.2 Å². The molecule has 4 nitrogen and oxygen atoms in total. The van der Waals surface area contributed by atoms with Crippen LogP contribution in [0.25, 0.3) is 0 Å². The van der Waals surface area contributed by atoms with Gasteiger partial charge in [0.05, 0.1) is 17.3 Å². The van der Waals surface area contributed by atoms with Gasteiger partial charge in [0.1, 0.15) is 0 Å². The molecule has 1 aliphatic rings. The van der Waals surface area contributed by atoms with Crippen molar-refractivity contribution in [3.05, 3.63) is 28.2 Å². The molecule has 2 N–H and O–H groups in total. The lowest BCUT2D eigenvalue weighted by atomic mass is 10.3. The molecular formula is C12H17Cl4N3O. The van der Waals surface area contributed by atoms with Crippen LogP contribution in [0.5, 0.6) is 0 Å². The molecule has 114 valence electrons. The van der Waals surface area contributed by atoms with Crippen molar-refractivity contribution in [2.24, 2.45) is 0 Å². The van der Waals surface area contributed by atoms with Crippen molar-refractivity contribution >= 4 is 59.6 Å². The predicted octanol–water partition coefficient (Wildman–Crippen LogP) is 2.68. The first-order chi connectivity index (χ1) is 8.65. The van der Waals surface area contributed by atoms with Crippen molar-refractivity contribution in [1.29, 1.82) is 0 Å². The number of amides is 1. The van der Waals surface area contributed by atoms with Crippen LogP contribution in [0.4, 0.5) is 5.69 Å². The van der Waals surface area contributed by atoms with E-state index in [4.69, 9.17) is 23.2 Å². The number of carbonyl (C=O) groups excluding carboxylic acids is 1. The van der Waals surface area contributed by atoms with Gasteiger partial charge >= 0.3 is 0 Å². The van der Waals surface area contributed by atoms with Crippen LogP contribution in [0.2, 0.25) is 10.0 Å². The van der Waals surface area contributed by atoms with E-state index in [0.29, 0.717) is 22.3 Å². The van der Waals surface area contributed by atoms with Crippen molar-refractivity contribution < 1.29 is 4.79 Å². The Labute approximate surface area is 141 Å². The van der Waals surface area contributed by atoms with Gasteiger partial charge in [-0.05, 0) is 18.2 Å². The topological polar surface area (TPSA) is 44.4 Å². The summed E-state index contributed by atoms with van der Waals surface area (Å²) in [5, 5.41) is 7.05. The maximum Gasteiger partial charge on any atom is 0.238 e. The molecule has 2 rings (SSSR count). The molecule has 0 aromatic heterocycles. The zero-order valence-electron chi connectivity index (χ0n) is 10.7. The maximum absolute atomic E-state index is 11.9. The fourth-order valence-corrected chi connectivity index (χ4v) is 2.31. The summed E-state index contributed by atoms with van der Waals surface area (Å²) in [6.07, 6.45) is 0. The SMILES string of the molecule is Cl.Cl.O=C(CN1CCNCC1)Nc1ccc(Cl)cc1Cl. The summed E-state index contributed by atoms with van der Waals surface area (Å²) < 4.78 is 0. The molecule has 0 bridgehead atoms. The smallest absolute Gasteiger partial charge is 0.238 e. The highest BCUT2D eigenvalue weighted by Crippen LogP contribution is 2.25. The summed E-state index contributed by atoms with van der Waals surface area (Å²) in [5.74, 6) is -0.0545. The van der Waals surface area contributed by atoms with Gasteiger partial charge in [-0.1, -0.05) is 23.2 Å². The van der Waals surface area contributed by atoms with Crippen LogP contribution < -0.4 is 10.6 Å². The van der Waals surface area contributed by atoms with E-state index in [2.05, 4.69) is 15.5 Å². The number of hydrogen-bond acceptors (Lipinski definition) is 3. The molecule has 1 aromatic rings. The van der Waals surface area contributed by atoms with E-state index in [1.807, 2.05) is 0 Å². The average molecular weight is 361 g/mol. The first-order valence-electron chi connectivity index (χ1n) is 5.83. The summed E-state index contributed by atoms with van der Waals surface area (Å²) >= 11 is 11.8. The Kier molecular flexibility index (Phi) is 9.55. The fourth-order valence-electron chi connectivity index (χ4n) is 1.85. The third-order valence-corrected chi connectivity index (χ3v) is 3.33. The molecule has 8 heteroatoms. The molecule has 1 heterocycles. The van der Waals surface area contributed by atoms with Gasteiger partial charge in [0.25, 0.3) is 0 Å². The molecule has 1 aliphatic heterocycles. The molecule has 0 unspecified atom stereocenters. The lowest BCUT2D eigenvalue weighted by Gasteiger charge is -2.26. The molecule has 20 heavy (non-hydrogen) atoms. The molecular weight excluding hydrogens is 344 g/mol. The second kappa shape index (κ2) is 9.66. The van der Waals surface area contributed by atoms with E-state index in [1.54, 1.807) is 18.2 Å². The highest BCUT2D eigenvalue weighted by molar-refractivity contribution is 6.36. The highest BCUT2D eigenvalue weighted by Gasteiger charge is 2.14. The minimum atomic E-state index is -0.0545. The Balaban J connectivity index is 0.00000180. The number of halogens is 4. The fraction of sp³-hybridized carbons (Fsp3) is 0.417. The molecule has 1 amide bonds. The van der Waals surface area contributed by atoms with Gasteiger partial charge in [0, 0.05) is 31.2 Å². The van der Waals surface area contributed by atoms with Crippen molar-refractivity contribution in [3.8, 4) is 0 Å². The monoisotopic (exact) mass is 359 g/mol. The van der Waals surface area contributed by atoms with E-state index < -0.39 is 0 Å². The van der Waals surface area contributed by atoms with Gasteiger partial charge in [-0.25, -0.2) is 0 Å². The molecule has 1 fully saturated rings. The Bertz CT molecular complexity index is 439. The first-order valence-corrected chi connectivity index (χ1v) is 6.59. The predicted molar refractivity (Wildman–Crippen MR) is 88.9 cm³/mol. The number of rotatable bonds is 3. The Hall–Kier alpha value is -0.230. The number of hydrogen-bond donors (Lipinski definition) is 2. The minimum absolute atomic E-state index is 0. The molecule has 0 aliphatic carbocycles. The van der Waals surface area contributed by atoms with Crippen molar-refractivity contribution in [2.45, 2.75) is 0 Å². The van der Waals surface area contributed by atoms with Gasteiger partial charge in [-0.2, -0.15) is 0 Å². The van der Waals surface area contributed by atoms with E-state index >= 15 is 0 Å². The lowest BCUT2D eigenvalue weighted by molar-refractivity contribution is -0.117. The first kappa shape index (κ1) is 19.8. The van der Waals surface area contributed by atoms with Gasteiger partial charge in [0.2, 0.25) is 5.91 Å². The number of nitrogens with zero attached hydrogens (tertiary/aromatic N) is 1. The number of anilines is 1. The standard InChI is InChI=1S/C12H15Cl2N3O.2ClH/c13-9-1-2-11(10(14)7-9)16-12(18)8-17-5-3-15-4-6-17;;/h1-2,7,15H,3-6,8H2,(H,16,18);2*1H. The van der Waals surface area contributed by atoms with E-state index in [9.17, 15) is 4.79 Å². The Morgan fingerprint density at radius 1 is 1.25 bits per heavy atom. The highest BCUT2D eigenvalue weighted by atomic mass is 35.5. The van der Waals surface area contributed by atoms with Crippen molar-refractivity contribution in [3.63, 3.8) is 0 Å². The van der Waals surface area contributed by atoms with Gasteiger partial charge in [-0.15, -0.1) is 24.8 Å². The van der Waals surface area contributed by atoms with E-state index in [0.717, 1.165) is 26.2 Å². The zero-order chi connectivity index (χ0) is 13.0. The summed E-state index contributed by atoms with van der Waals surface area (Å²) in [6.45, 7) is 4.02. The number of nitrogens with one attached hydrogen (secondary N) is 2. The minimum Gasteiger partial charge on any atom is -0.324 e. The molecule has 0 atom stereocenters. The van der Waals surface area contributed by atoms with E-state index in [-0.39, 0.29) is 30.7 Å². The van der Waals surface area contributed by atoms with Crippen molar-refractivity contribution in [2.75, 3.05) is 38.0 Å². The van der Waals surface area contributed by atoms with Crippen LogP contribution >= 0.6 is 48.0 Å². The van der Waals surface area contributed by atoms with Crippen molar-refractivity contribution in [1.82, 2.24) is 10.2 Å². The van der Waals surface area contributed by atoms with Crippen LogP contribution in [-0.2, 0) is 4.79 Å². The summed E-state index contributed by atoms with van der Waals surface area (Å²) in [7, 11) is 0.